The molecule has 0 fully saturated rings. The molecule has 19 heavy (non-hydrogen) atoms. The molecule has 1 aliphatic rings. The minimum absolute atomic E-state index is 0.190. The van der Waals surface area contributed by atoms with E-state index in [4.69, 9.17) is 5.11 Å². The number of nitrogens with zero attached hydrogens (tertiary/aromatic N) is 1. The van der Waals surface area contributed by atoms with E-state index in [1.807, 2.05) is 19.1 Å². The molecule has 102 valence electrons. The monoisotopic (exact) mass is 280 g/mol. The second-order valence-corrected chi connectivity index (χ2v) is 5.51. The molecule has 2 rings (SSSR count). The Bertz CT molecular complexity index is 510. The van der Waals surface area contributed by atoms with E-state index in [-0.39, 0.29) is 5.91 Å². The van der Waals surface area contributed by atoms with Gasteiger partial charge in [0.05, 0.1) is 29.6 Å². The van der Waals surface area contributed by atoms with Crippen molar-refractivity contribution < 1.29 is 14.7 Å². The zero-order chi connectivity index (χ0) is 13.8. The fourth-order valence-electron chi connectivity index (χ4n) is 2.17. The molecular weight excluding hydrogens is 264 g/mol. The number of carboxylic acids is 1. The van der Waals surface area contributed by atoms with Crippen LogP contribution in [0.3, 0.4) is 0 Å². The van der Waals surface area contributed by atoms with Gasteiger partial charge >= 0.3 is 5.97 Å². The quantitative estimate of drug-likeness (QED) is 0.823. The number of aliphatic carboxylic acids is 1. The van der Waals surface area contributed by atoms with Gasteiger partial charge < -0.3 is 10.4 Å². The molecule has 5 nitrogen and oxygen atoms in total. The first-order chi connectivity index (χ1) is 9.09. The topological polar surface area (TPSA) is 79.3 Å². The average Bonchev–Trinajstić information content (AvgIpc) is 2.81. The molecule has 0 saturated carbocycles. The van der Waals surface area contributed by atoms with Gasteiger partial charge in [-0.3, -0.25) is 9.59 Å². The summed E-state index contributed by atoms with van der Waals surface area (Å²) >= 11 is 1.49. The minimum atomic E-state index is -0.904. The maximum atomic E-state index is 12.1. The number of nitrogens with one attached hydrogen (secondary N) is 1. The largest absolute Gasteiger partial charge is 0.481 e. The lowest BCUT2D eigenvalue weighted by atomic mass is 9.82. The third-order valence-corrected chi connectivity index (χ3v) is 4.29. The Balaban J connectivity index is 1.97. The summed E-state index contributed by atoms with van der Waals surface area (Å²) in [6, 6.07) is 0. The van der Waals surface area contributed by atoms with E-state index in [0.717, 1.165) is 10.6 Å². The van der Waals surface area contributed by atoms with Crippen molar-refractivity contribution >= 4 is 23.2 Å². The van der Waals surface area contributed by atoms with E-state index in [9.17, 15) is 9.59 Å². The lowest BCUT2D eigenvalue weighted by Gasteiger charge is -2.24. The zero-order valence-electron chi connectivity index (χ0n) is 10.6. The van der Waals surface area contributed by atoms with Crippen molar-refractivity contribution in [2.75, 3.05) is 0 Å². The van der Waals surface area contributed by atoms with Crippen LogP contribution in [-0.4, -0.2) is 22.0 Å². The number of amides is 1. The van der Waals surface area contributed by atoms with Crippen LogP contribution in [0.1, 0.15) is 23.4 Å². The summed E-state index contributed by atoms with van der Waals surface area (Å²) in [7, 11) is 0. The molecule has 0 saturated heterocycles. The maximum absolute atomic E-state index is 12.1. The van der Waals surface area contributed by atoms with E-state index in [0.29, 0.717) is 19.4 Å². The standard InChI is InChI=1S/C13H16N2O3S/c1-8-11(19-7-15-8)6-14-12(16)9-4-2-3-5-10(9)13(17)18/h2-3,7,9-10H,4-6H2,1H3,(H,14,16)(H,17,18). The van der Waals surface area contributed by atoms with E-state index in [2.05, 4.69) is 10.3 Å². The summed E-state index contributed by atoms with van der Waals surface area (Å²) in [5.41, 5.74) is 2.64. The zero-order valence-corrected chi connectivity index (χ0v) is 11.4. The van der Waals surface area contributed by atoms with Gasteiger partial charge in [0.1, 0.15) is 0 Å². The van der Waals surface area contributed by atoms with E-state index in [1.165, 1.54) is 11.3 Å². The highest BCUT2D eigenvalue weighted by Crippen LogP contribution is 2.26. The molecule has 1 aromatic heterocycles. The fraction of sp³-hybridized carbons (Fsp3) is 0.462. The number of carboxylic acid groups (broad SMARTS) is 1. The molecule has 0 radical (unpaired) electrons. The van der Waals surface area contributed by atoms with Crippen LogP contribution in [0.15, 0.2) is 17.7 Å². The number of carbonyl (C=O) groups is 2. The van der Waals surface area contributed by atoms with Crippen molar-refractivity contribution in [1.82, 2.24) is 10.3 Å². The summed E-state index contributed by atoms with van der Waals surface area (Å²) < 4.78 is 0. The Morgan fingerprint density at radius 1 is 1.42 bits per heavy atom. The van der Waals surface area contributed by atoms with E-state index >= 15 is 0 Å². The number of thiazole rings is 1. The number of hydrogen-bond acceptors (Lipinski definition) is 4. The Morgan fingerprint density at radius 3 is 2.68 bits per heavy atom. The molecule has 1 amide bonds. The Morgan fingerprint density at radius 2 is 2.11 bits per heavy atom. The second kappa shape index (κ2) is 5.97. The number of carbonyl (C=O) groups excluding carboxylic acids is 1. The number of hydrogen-bond donors (Lipinski definition) is 2. The van der Waals surface area contributed by atoms with Crippen LogP contribution in [0.2, 0.25) is 0 Å². The van der Waals surface area contributed by atoms with Crippen molar-refractivity contribution in [3.05, 3.63) is 28.2 Å². The third-order valence-electron chi connectivity index (χ3n) is 3.35. The number of aromatic nitrogens is 1. The van der Waals surface area contributed by atoms with Gasteiger partial charge in [0.15, 0.2) is 0 Å². The predicted octanol–water partition coefficient (Wildman–Crippen LogP) is 1.73. The molecule has 2 atom stereocenters. The van der Waals surface area contributed by atoms with Crippen LogP contribution in [-0.2, 0) is 16.1 Å². The van der Waals surface area contributed by atoms with Crippen molar-refractivity contribution in [2.24, 2.45) is 11.8 Å². The summed E-state index contributed by atoms with van der Waals surface area (Å²) in [6.07, 6.45) is 4.62. The first-order valence-electron chi connectivity index (χ1n) is 6.14. The van der Waals surface area contributed by atoms with Crippen LogP contribution >= 0.6 is 11.3 Å². The molecule has 1 aliphatic carbocycles. The first kappa shape index (κ1) is 13.7. The van der Waals surface area contributed by atoms with Gasteiger partial charge in [0.25, 0.3) is 0 Å². The van der Waals surface area contributed by atoms with Gasteiger partial charge in [-0.1, -0.05) is 12.2 Å². The van der Waals surface area contributed by atoms with Crippen LogP contribution in [0, 0.1) is 18.8 Å². The maximum Gasteiger partial charge on any atom is 0.307 e. The van der Waals surface area contributed by atoms with Crippen molar-refractivity contribution in [3.63, 3.8) is 0 Å². The SMILES string of the molecule is Cc1ncsc1CNC(=O)C1CC=CCC1C(=O)O. The highest BCUT2D eigenvalue weighted by atomic mass is 32.1. The highest BCUT2D eigenvalue weighted by molar-refractivity contribution is 7.09. The van der Waals surface area contributed by atoms with Gasteiger partial charge in [0.2, 0.25) is 5.91 Å². The Hall–Kier alpha value is -1.69. The number of aryl methyl sites for hydroxylation is 1. The fourth-order valence-corrected chi connectivity index (χ4v) is 2.89. The summed E-state index contributed by atoms with van der Waals surface area (Å²) in [6.45, 7) is 2.31. The molecule has 2 N–H and O–H groups in total. The molecule has 0 aliphatic heterocycles. The van der Waals surface area contributed by atoms with Gasteiger partial charge in [-0.15, -0.1) is 11.3 Å². The predicted molar refractivity (Wildman–Crippen MR) is 71.7 cm³/mol. The molecule has 1 heterocycles. The molecule has 0 spiro atoms. The second-order valence-electron chi connectivity index (χ2n) is 4.57. The molecule has 0 bridgehead atoms. The van der Waals surface area contributed by atoms with Gasteiger partial charge in [-0.05, 0) is 19.8 Å². The first-order valence-corrected chi connectivity index (χ1v) is 7.02. The van der Waals surface area contributed by atoms with Gasteiger partial charge in [0, 0.05) is 4.88 Å². The molecule has 0 aromatic carbocycles. The number of allylic oxidation sites excluding steroid dienone is 2. The Labute approximate surface area is 115 Å². The van der Waals surface area contributed by atoms with Crippen LogP contribution < -0.4 is 5.32 Å². The van der Waals surface area contributed by atoms with Gasteiger partial charge in [-0.2, -0.15) is 0 Å². The lowest BCUT2D eigenvalue weighted by Crippen LogP contribution is -2.38. The Kier molecular flexibility index (Phi) is 4.31. The van der Waals surface area contributed by atoms with Crippen molar-refractivity contribution in [2.45, 2.75) is 26.3 Å². The minimum Gasteiger partial charge on any atom is -0.481 e. The van der Waals surface area contributed by atoms with Crippen molar-refractivity contribution in [3.8, 4) is 0 Å². The smallest absolute Gasteiger partial charge is 0.307 e. The summed E-state index contributed by atoms with van der Waals surface area (Å²) in [4.78, 5) is 28.3. The summed E-state index contributed by atoms with van der Waals surface area (Å²) in [5.74, 6) is -2.19. The van der Waals surface area contributed by atoms with E-state index in [1.54, 1.807) is 5.51 Å². The van der Waals surface area contributed by atoms with Gasteiger partial charge in [-0.25, -0.2) is 4.98 Å². The van der Waals surface area contributed by atoms with Crippen LogP contribution in [0.25, 0.3) is 0 Å². The average molecular weight is 280 g/mol. The molecular formula is C13H16N2O3S. The van der Waals surface area contributed by atoms with Crippen molar-refractivity contribution in [1.29, 1.82) is 0 Å². The summed E-state index contributed by atoms with van der Waals surface area (Å²) in [5, 5.41) is 11.9. The molecule has 1 aromatic rings. The third kappa shape index (κ3) is 3.20. The van der Waals surface area contributed by atoms with Crippen LogP contribution in [0.4, 0.5) is 0 Å². The van der Waals surface area contributed by atoms with E-state index < -0.39 is 17.8 Å². The lowest BCUT2D eigenvalue weighted by molar-refractivity contribution is -0.147. The normalized spacial score (nSPS) is 22.2. The van der Waals surface area contributed by atoms with Crippen LogP contribution in [0.5, 0.6) is 0 Å². The number of rotatable bonds is 4. The molecule has 6 heteroatoms. The highest BCUT2D eigenvalue weighted by Gasteiger charge is 2.33. The molecule has 2 unspecified atom stereocenters.